The lowest BCUT2D eigenvalue weighted by atomic mass is 9.87. The Bertz CT molecular complexity index is 1260. The van der Waals surface area contributed by atoms with Gasteiger partial charge in [0.1, 0.15) is 11.6 Å². The Hall–Kier alpha value is -3.04. The number of hydrogen-bond donors (Lipinski definition) is 1. The Labute approximate surface area is 200 Å². The van der Waals surface area contributed by atoms with Crippen molar-refractivity contribution in [3.63, 3.8) is 0 Å². The summed E-state index contributed by atoms with van der Waals surface area (Å²) in [5.74, 6) is -1.18. The number of carbonyl (C=O) groups excluding carboxylic acids is 1. The van der Waals surface area contributed by atoms with Crippen molar-refractivity contribution in [3.05, 3.63) is 77.2 Å². The van der Waals surface area contributed by atoms with Crippen molar-refractivity contribution in [1.29, 1.82) is 0 Å². The number of halogens is 1. The molecule has 182 valence electrons. The molecule has 3 rings (SSSR count). The Morgan fingerprint density at radius 2 is 1.71 bits per heavy atom. The van der Waals surface area contributed by atoms with Crippen LogP contribution in [-0.4, -0.2) is 41.5 Å². The van der Waals surface area contributed by atoms with E-state index in [1.54, 1.807) is 24.6 Å². The van der Waals surface area contributed by atoms with E-state index in [9.17, 15) is 17.6 Å². The first-order valence-corrected chi connectivity index (χ1v) is 12.6. The average molecular weight is 487 g/mol. The third-order valence-corrected chi connectivity index (χ3v) is 7.68. The van der Waals surface area contributed by atoms with Gasteiger partial charge < -0.3 is 5.32 Å². The van der Waals surface area contributed by atoms with Gasteiger partial charge in [-0.15, -0.1) is 0 Å². The first-order chi connectivity index (χ1) is 16.0. The quantitative estimate of drug-likeness (QED) is 0.502. The Kier molecular flexibility index (Phi) is 7.57. The molecule has 0 aliphatic rings. The molecule has 0 radical (unpaired) electrons. The molecule has 0 bridgehead atoms. The molecule has 1 N–H and O–H groups in total. The van der Waals surface area contributed by atoms with E-state index in [0.717, 1.165) is 17.7 Å². The van der Waals surface area contributed by atoms with Gasteiger partial charge in [0.05, 0.1) is 23.2 Å². The standard InChI is InChI=1S/C25H31FN4O3S/c1-6-29(7-2)34(32,33)20-12-13-22(26)21(16-20)24(31)28-23-14-15-27-30(23)17-18-8-10-19(11-9-18)25(3,4)5/h8-16H,6-7,17H2,1-5H3,(H,28,31). The van der Waals surface area contributed by atoms with Crippen LogP contribution < -0.4 is 5.32 Å². The average Bonchev–Trinajstić information content (AvgIpc) is 3.20. The fraction of sp³-hybridized carbons (Fsp3) is 0.360. The van der Waals surface area contributed by atoms with Gasteiger partial charge in [-0.05, 0) is 34.7 Å². The Morgan fingerprint density at radius 3 is 2.29 bits per heavy atom. The first-order valence-electron chi connectivity index (χ1n) is 11.2. The summed E-state index contributed by atoms with van der Waals surface area (Å²) in [6, 6.07) is 13.0. The largest absolute Gasteiger partial charge is 0.307 e. The van der Waals surface area contributed by atoms with E-state index in [4.69, 9.17) is 0 Å². The third-order valence-electron chi connectivity index (χ3n) is 5.64. The van der Waals surface area contributed by atoms with Gasteiger partial charge in [0.15, 0.2) is 0 Å². The zero-order chi connectivity index (χ0) is 25.1. The van der Waals surface area contributed by atoms with Gasteiger partial charge in [-0.2, -0.15) is 9.40 Å². The second-order valence-corrected chi connectivity index (χ2v) is 10.9. The van der Waals surface area contributed by atoms with E-state index < -0.39 is 21.7 Å². The molecule has 2 aromatic carbocycles. The summed E-state index contributed by atoms with van der Waals surface area (Å²) in [4.78, 5) is 12.8. The molecule has 0 aliphatic heterocycles. The molecule has 0 spiro atoms. The predicted octanol–water partition coefficient (Wildman–Crippen LogP) is 4.65. The van der Waals surface area contributed by atoms with Gasteiger partial charge in [0.25, 0.3) is 5.91 Å². The Balaban J connectivity index is 1.82. The van der Waals surface area contributed by atoms with Crippen LogP contribution in [0.3, 0.4) is 0 Å². The molecule has 7 nitrogen and oxygen atoms in total. The lowest BCUT2D eigenvalue weighted by molar-refractivity contribution is 0.102. The fourth-order valence-corrected chi connectivity index (χ4v) is 5.07. The molecule has 9 heteroatoms. The van der Waals surface area contributed by atoms with Crippen LogP contribution in [-0.2, 0) is 22.0 Å². The van der Waals surface area contributed by atoms with E-state index in [-0.39, 0.29) is 29.0 Å². The number of amides is 1. The lowest BCUT2D eigenvalue weighted by Crippen LogP contribution is -2.31. The highest BCUT2D eigenvalue weighted by molar-refractivity contribution is 7.89. The highest BCUT2D eigenvalue weighted by Crippen LogP contribution is 2.23. The van der Waals surface area contributed by atoms with Crippen molar-refractivity contribution in [1.82, 2.24) is 14.1 Å². The molecule has 0 fully saturated rings. The SMILES string of the molecule is CCN(CC)S(=O)(=O)c1ccc(F)c(C(=O)Nc2ccnn2Cc2ccc(C(C)(C)C)cc2)c1. The molecule has 1 aromatic heterocycles. The molecule has 0 saturated carbocycles. The number of anilines is 1. The van der Waals surface area contributed by atoms with Crippen molar-refractivity contribution in [2.45, 2.75) is 51.5 Å². The smallest absolute Gasteiger partial charge is 0.259 e. The molecule has 0 unspecified atom stereocenters. The molecule has 0 atom stereocenters. The summed E-state index contributed by atoms with van der Waals surface area (Å²) in [7, 11) is -3.83. The van der Waals surface area contributed by atoms with Gasteiger partial charge in [0, 0.05) is 19.2 Å². The zero-order valence-electron chi connectivity index (χ0n) is 20.2. The molecular formula is C25H31FN4O3S. The van der Waals surface area contributed by atoms with Crippen molar-refractivity contribution < 1.29 is 17.6 Å². The molecule has 34 heavy (non-hydrogen) atoms. The van der Waals surface area contributed by atoms with Gasteiger partial charge in [-0.25, -0.2) is 17.5 Å². The summed E-state index contributed by atoms with van der Waals surface area (Å²) < 4.78 is 42.9. The number of rotatable bonds is 8. The normalized spacial score (nSPS) is 12.2. The minimum atomic E-state index is -3.83. The zero-order valence-corrected chi connectivity index (χ0v) is 21.0. The fourth-order valence-electron chi connectivity index (χ4n) is 3.58. The van der Waals surface area contributed by atoms with Gasteiger partial charge in [0.2, 0.25) is 10.0 Å². The number of hydrogen-bond acceptors (Lipinski definition) is 4. The van der Waals surface area contributed by atoms with Crippen molar-refractivity contribution in [3.8, 4) is 0 Å². The molecule has 3 aromatic rings. The summed E-state index contributed by atoms with van der Waals surface area (Å²) in [5.41, 5.74) is 1.89. The van der Waals surface area contributed by atoms with E-state index in [2.05, 4.69) is 43.3 Å². The van der Waals surface area contributed by atoms with Crippen LogP contribution in [0, 0.1) is 5.82 Å². The van der Waals surface area contributed by atoms with Crippen molar-refractivity contribution in [2.24, 2.45) is 0 Å². The minimum Gasteiger partial charge on any atom is -0.307 e. The minimum absolute atomic E-state index is 0.0424. The van der Waals surface area contributed by atoms with E-state index in [0.29, 0.717) is 12.4 Å². The molecule has 1 amide bonds. The second-order valence-electron chi connectivity index (χ2n) is 9.01. The van der Waals surface area contributed by atoms with Crippen LogP contribution in [0.25, 0.3) is 0 Å². The number of nitrogens with zero attached hydrogens (tertiary/aromatic N) is 3. The summed E-state index contributed by atoms with van der Waals surface area (Å²) in [6.07, 6.45) is 1.54. The molecule has 0 aliphatic carbocycles. The summed E-state index contributed by atoms with van der Waals surface area (Å²) in [5, 5.41) is 6.91. The van der Waals surface area contributed by atoms with Crippen molar-refractivity contribution in [2.75, 3.05) is 18.4 Å². The number of sulfonamides is 1. The number of aromatic nitrogens is 2. The summed E-state index contributed by atoms with van der Waals surface area (Å²) in [6.45, 7) is 10.8. The second kappa shape index (κ2) is 10.1. The van der Waals surface area contributed by atoms with Crippen molar-refractivity contribution >= 4 is 21.7 Å². The highest BCUT2D eigenvalue weighted by atomic mass is 32.2. The van der Waals surface area contributed by atoms with Crippen LogP contribution in [0.2, 0.25) is 0 Å². The van der Waals surface area contributed by atoms with Gasteiger partial charge >= 0.3 is 0 Å². The maximum Gasteiger partial charge on any atom is 0.259 e. The highest BCUT2D eigenvalue weighted by Gasteiger charge is 2.24. The maximum atomic E-state index is 14.5. The molecule has 1 heterocycles. The lowest BCUT2D eigenvalue weighted by Gasteiger charge is -2.19. The predicted molar refractivity (Wildman–Crippen MR) is 131 cm³/mol. The number of benzene rings is 2. The van der Waals surface area contributed by atoms with Crippen LogP contribution in [0.5, 0.6) is 0 Å². The van der Waals surface area contributed by atoms with Crippen LogP contribution in [0.15, 0.2) is 59.6 Å². The van der Waals surface area contributed by atoms with Gasteiger partial charge in [-0.3, -0.25) is 4.79 Å². The number of carbonyl (C=O) groups is 1. The summed E-state index contributed by atoms with van der Waals surface area (Å²) >= 11 is 0. The first kappa shape index (κ1) is 25.6. The third kappa shape index (κ3) is 5.53. The molecular weight excluding hydrogens is 455 g/mol. The maximum absolute atomic E-state index is 14.5. The molecule has 0 saturated heterocycles. The van der Waals surface area contributed by atoms with Crippen LogP contribution in [0.4, 0.5) is 10.2 Å². The van der Waals surface area contributed by atoms with Crippen LogP contribution >= 0.6 is 0 Å². The van der Waals surface area contributed by atoms with Gasteiger partial charge in [-0.1, -0.05) is 58.9 Å². The van der Waals surface area contributed by atoms with E-state index >= 15 is 0 Å². The number of nitrogens with one attached hydrogen (secondary N) is 1. The Morgan fingerprint density at radius 1 is 1.06 bits per heavy atom. The van der Waals surface area contributed by atoms with E-state index in [1.165, 1.54) is 22.1 Å². The monoisotopic (exact) mass is 486 g/mol. The van der Waals surface area contributed by atoms with Crippen LogP contribution in [0.1, 0.15) is 56.1 Å². The topological polar surface area (TPSA) is 84.3 Å². The van der Waals surface area contributed by atoms with E-state index in [1.807, 2.05) is 12.1 Å².